The normalized spacial score (nSPS) is 18.9. The van der Waals surface area contributed by atoms with E-state index in [0.29, 0.717) is 18.4 Å². The number of urea groups is 1. The number of nitrogens with one attached hydrogen (secondary N) is 2. The highest BCUT2D eigenvalue weighted by Gasteiger charge is 2.24. The van der Waals surface area contributed by atoms with E-state index >= 15 is 0 Å². The van der Waals surface area contributed by atoms with E-state index < -0.39 is 0 Å². The van der Waals surface area contributed by atoms with Crippen molar-refractivity contribution in [2.75, 3.05) is 19.6 Å². The monoisotopic (exact) mass is 343 g/mol. The number of carbonyl (C=O) groups excluding carboxylic acids is 1. The Balaban J connectivity index is 1.57. The second kappa shape index (κ2) is 8.06. The van der Waals surface area contributed by atoms with Gasteiger partial charge in [-0.15, -0.1) is 5.10 Å². The molecule has 8 heteroatoms. The SMILES string of the molecule is CCN1CCC[C@H]1CNC(=O)N[C@H](C)c1nnnn1-c1ccccc1. The molecule has 0 unspecified atom stereocenters. The lowest BCUT2D eigenvalue weighted by atomic mass is 10.2. The van der Waals surface area contributed by atoms with Crippen LogP contribution in [0.5, 0.6) is 0 Å². The summed E-state index contributed by atoms with van der Waals surface area (Å²) in [5.41, 5.74) is 0.862. The van der Waals surface area contributed by atoms with Crippen LogP contribution in [0.1, 0.15) is 38.6 Å². The fraction of sp³-hybridized carbons (Fsp3) is 0.529. The van der Waals surface area contributed by atoms with Gasteiger partial charge in [-0.3, -0.25) is 4.90 Å². The maximum Gasteiger partial charge on any atom is 0.315 e. The smallest absolute Gasteiger partial charge is 0.315 e. The van der Waals surface area contributed by atoms with Crippen molar-refractivity contribution < 1.29 is 4.79 Å². The molecule has 2 heterocycles. The van der Waals surface area contributed by atoms with Gasteiger partial charge in [0, 0.05) is 12.6 Å². The van der Waals surface area contributed by atoms with Crippen LogP contribution < -0.4 is 10.6 Å². The van der Waals surface area contributed by atoms with Crippen molar-refractivity contribution in [1.29, 1.82) is 0 Å². The molecule has 134 valence electrons. The van der Waals surface area contributed by atoms with E-state index in [2.05, 4.69) is 38.0 Å². The van der Waals surface area contributed by atoms with Gasteiger partial charge in [-0.05, 0) is 55.4 Å². The lowest BCUT2D eigenvalue weighted by Gasteiger charge is -2.23. The Morgan fingerprint density at radius 3 is 2.92 bits per heavy atom. The van der Waals surface area contributed by atoms with Gasteiger partial charge < -0.3 is 10.6 Å². The molecule has 0 radical (unpaired) electrons. The van der Waals surface area contributed by atoms with Crippen molar-refractivity contribution in [3.05, 3.63) is 36.2 Å². The van der Waals surface area contributed by atoms with Crippen LogP contribution >= 0.6 is 0 Å². The number of likely N-dealkylation sites (tertiary alicyclic amines) is 1. The lowest BCUT2D eigenvalue weighted by molar-refractivity contribution is 0.226. The van der Waals surface area contributed by atoms with Crippen molar-refractivity contribution in [1.82, 2.24) is 35.7 Å². The number of nitrogens with zero attached hydrogens (tertiary/aromatic N) is 5. The topological polar surface area (TPSA) is 88.0 Å². The Hall–Kier alpha value is -2.48. The molecule has 1 aromatic carbocycles. The van der Waals surface area contributed by atoms with E-state index in [1.165, 1.54) is 6.42 Å². The highest BCUT2D eigenvalue weighted by atomic mass is 16.2. The molecule has 0 saturated carbocycles. The van der Waals surface area contributed by atoms with Gasteiger partial charge in [-0.2, -0.15) is 4.68 Å². The Morgan fingerprint density at radius 1 is 1.36 bits per heavy atom. The predicted molar refractivity (Wildman–Crippen MR) is 94.4 cm³/mol. The van der Waals surface area contributed by atoms with Crippen molar-refractivity contribution in [3.8, 4) is 5.69 Å². The average Bonchev–Trinajstić information content (AvgIpc) is 3.29. The number of hydrogen-bond acceptors (Lipinski definition) is 5. The van der Waals surface area contributed by atoms with Gasteiger partial charge >= 0.3 is 6.03 Å². The first-order valence-electron chi connectivity index (χ1n) is 8.81. The summed E-state index contributed by atoms with van der Waals surface area (Å²) in [5.74, 6) is 0.595. The standard InChI is InChI=1S/C17H25N7O/c1-3-23-11-7-10-15(23)12-18-17(25)19-13(2)16-20-21-22-24(16)14-8-5-4-6-9-14/h4-6,8-9,13,15H,3,7,10-12H2,1-2H3,(H2,18,19,25)/t13-,15+/m1/s1. The number of rotatable bonds is 6. The Labute approximate surface area is 147 Å². The molecule has 0 aliphatic carbocycles. The van der Waals surface area contributed by atoms with Gasteiger partial charge in [0.25, 0.3) is 0 Å². The van der Waals surface area contributed by atoms with Crippen LogP contribution in [0.4, 0.5) is 4.79 Å². The van der Waals surface area contributed by atoms with Gasteiger partial charge in [0.1, 0.15) is 0 Å². The molecule has 1 saturated heterocycles. The molecule has 25 heavy (non-hydrogen) atoms. The number of hydrogen-bond donors (Lipinski definition) is 2. The zero-order valence-corrected chi connectivity index (χ0v) is 14.7. The fourth-order valence-corrected chi connectivity index (χ4v) is 3.28. The summed E-state index contributed by atoms with van der Waals surface area (Å²) in [5, 5.41) is 17.7. The molecule has 2 N–H and O–H groups in total. The van der Waals surface area contributed by atoms with Gasteiger partial charge in [0.15, 0.2) is 5.82 Å². The molecule has 0 bridgehead atoms. The Kier molecular flexibility index (Phi) is 5.60. The summed E-state index contributed by atoms with van der Waals surface area (Å²) in [6.45, 7) is 6.83. The van der Waals surface area contributed by atoms with E-state index in [4.69, 9.17) is 0 Å². The Morgan fingerprint density at radius 2 is 2.16 bits per heavy atom. The first-order chi connectivity index (χ1) is 12.2. The van der Waals surface area contributed by atoms with Gasteiger partial charge in [0.2, 0.25) is 0 Å². The second-order valence-corrected chi connectivity index (χ2v) is 6.29. The minimum atomic E-state index is -0.305. The summed E-state index contributed by atoms with van der Waals surface area (Å²) in [6.07, 6.45) is 2.33. The first kappa shape index (κ1) is 17.3. The van der Waals surface area contributed by atoms with Crippen LogP contribution in [0.15, 0.2) is 30.3 Å². The molecule has 3 rings (SSSR count). The van der Waals surface area contributed by atoms with Crippen LogP contribution in [-0.2, 0) is 0 Å². The minimum absolute atomic E-state index is 0.196. The quantitative estimate of drug-likeness (QED) is 0.830. The zero-order chi connectivity index (χ0) is 17.6. The fourth-order valence-electron chi connectivity index (χ4n) is 3.28. The maximum atomic E-state index is 12.2. The third kappa shape index (κ3) is 4.14. The van der Waals surface area contributed by atoms with Crippen LogP contribution in [-0.4, -0.2) is 56.8 Å². The molecule has 8 nitrogen and oxygen atoms in total. The van der Waals surface area contributed by atoms with Crippen LogP contribution in [0.25, 0.3) is 5.69 Å². The molecule has 2 aromatic rings. The molecule has 1 aromatic heterocycles. The molecular formula is C17H25N7O. The van der Waals surface area contributed by atoms with E-state index in [-0.39, 0.29) is 12.1 Å². The van der Waals surface area contributed by atoms with E-state index in [9.17, 15) is 4.79 Å². The van der Waals surface area contributed by atoms with E-state index in [1.54, 1.807) is 4.68 Å². The molecule has 1 aliphatic heterocycles. The second-order valence-electron chi connectivity index (χ2n) is 6.29. The van der Waals surface area contributed by atoms with Crippen molar-refractivity contribution in [2.24, 2.45) is 0 Å². The molecular weight excluding hydrogens is 318 g/mol. The van der Waals surface area contributed by atoms with E-state index in [1.807, 2.05) is 37.3 Å². The summed E-state index contributed by atoms with van der Waals surface area (Å²) >= 11 is 0. The van der Waals surface area contributed by atoms with Crippen molar-refractivity contribution in [3.63, 3.8) is 0 Å². The zero-order valence-electron chi connectivity index (χ0n) is 14.7. The molecule has 2 atom stereocenters. The van der Waals surface area contributed by atoms with E-state index in [0.717, 1.165) is 25.2 Å². The van der Waals surface area contributed by atoms with Crippen molar-refractivity contribution in [2.45, 2.75) is 38.8 Å². The lowest BCUT2D eigenvalue weighted by Crippen LogP contribution is -2.44. The molecule has 0 spiro atoms. The summed E-state index contributed by atoms with van der Waals surface area (Å²) in [7, 11) is 0. The highest BCUT2D eigenvalue weighted by molar-refractivity contribution is 5.74. The van der Waals surface area contributed by atoms with Gasteiger partial charge in [-0.25, -0.2) is 4.79 Å². The largest absolute Gasteiger partial charge is 0.337 e. The third-order valence-corrected chi connectivity index (χ3v) is 4.63. The average molecular weight is 343 g/mol. The Bertz CT molecular complexity index is 687. The number of benzene rings is 1. The molecule has 1 aliphatic rings. The number of likely N-dealkylation sites (N-methyl/N-ethyl adjacent to an activating group) is 1. The number of carbonyl (C=O) groups is 1. The number of tetrazole rings is 1. The highest BCUT2D eigenvalue weighted by Crippen LogP contribution is 2.16. The third-order valence-electron chi connectivity index (χ3n) is 4.63. The predicted octanol–water partition coefficient (Wildman–Crippen LogP) is 1.51. The number of aromatic nitrogens is 4. The first-order valence-corrected chi connectivity index (χ1v) is 8.81. The number of amides is 2. The summed E-state index contributed by atoms with van der Waals surface area (Å²) < 4.78 is 1.64. The van der Waals surface area contributed by atoms with Crippen LogP contribution in [0.2, 0.25) is 0 Å². The minimum Gasteiger partial charge on any atom is -0.337 e. The van der Waals surface area contributed by atoms with Gasteiger partial charge in [0.05, 0.1) is 11.7 Å². The molecule has 1 fully saturated rings. The van der Waals surface area contributed by atoms with Crippen molar-refractivity contribution >= 4 is 6.03 Å². The van der Waals surface area contributed by atoms with Crippen LogP contribution in [0, 0.1) is 0 Å². The number of para-hydroxylation sites is 1. The molecule has 2 amide bonds. The maximum absolute atomic E-state index is 12.2. The summed E-state index contributed by atoms with van der Waals surface area (Å²) in [4.78, 5) is 14.6. The van der Waals surface area contributed by atoms with Crippen LogP contribution in [0.3, 0.4) is 0 Å². The summed E-state index contributed by atoms with van der Waals surface area (Å²) in [6, 6.07) is 9.56. The van der Waals surface area contributed by atoms with Gasteiger partial charge in [-0.1, -0.05) is 25.1 Å².